The first-order chi connectivity index (χ1) is 8.11. The number of hydrogen-bond donors (Lipinski definition) is 1. The van der Waals surface area contributed by atoms with E-state index < -0.39 is 0 Å². The number of carbonyl (C=O) groups excluding carboxylic acids is 2. The van der Waals surface area contributed by atoms with Gasteiger partial charge in [-0.3, -0.25) is 9.78 Å². The highest BCUT2D eigenvalue weighted by atomic mass is 16.2. The predicted octanol–water partition coefficient (Wildman–Crippen LogP) is 1.35. The first-order valence-corrected chi connectivity index (χ1v) is 5.75. The molecule has 1 unspecified atom stereocenters. The Bertz CT molecular complexity index is 363. The van der Waals surface area contributed by atoms with Gasteiger partial charge in [-0.05, 0) is 30.0 Å². The SMILES string of the molecule is CC(C)CC(C=O)NC(=O)Cc1ccncc1. The standard InChI is InChI=1S/C13H18N2O2/c1-10(2)7-12(9-16)15-13(17)8-11-3-5-14-6-4-11/h3-6,9-10,12H,7-8H2,1-2H3,(H,15,17). The highest BCUT2D eigenvalue weighted by Crippen LogP contribution is 2.04. The number of rotatable bonds is 6. The fourth-order valence-corrected chi connectivity index (χ4v) is 1.60. The van der Waals surface area contributed by atoms with Crippen LogP contribution >= 0.6 is 0 Å². The molecule has 0 aliphatic carbocycles. The van der Waals surface area contributed by atoms with Gasteiger partial charge < -0.3 is 10.1 Å². The van der Waals surface area contributed by atoms with E-state index in [0.29, 0.717) is 12.3 Å². The molecule has 0 fully saturated rings. The van der Waals surface area contributed by atoms with Crippen molar-refractivity contribution in [1.82, 2.24) is 10.3 Å². The van der Waals surface area contributed by atoms with Crippen LogP contribution in [-0.2, 0) is 16.0 Å². The second-order valence-electron chi connectivity index (χ2n) is 4.47. The van der Waals surface area contributed by atoms with E-state index in [1.807, 2.05) is 13.8 Å². The van der Waals surface area contributed by atoms with Crippen LogP contribution in [0, 0.1) is 5.92 Å². The van der Waals surface area contributed by atoms with Gasteiger partial charge in [-0.2, -0.15) is 0 Å². The van der Waals surface area contributed by atoms with Crippen molar-refractivity contribution in [2.24, 2.45) is 5.92 Å². The third-order valence-electron chi connectivity index (χ3n) is 2.35. The molecule has 0 bridgehead atoms. The van der Waals surface area contributed by atoms with Gasteiger partial charge in [0.2, 0.25) is 5.91 Å². The Labute approximate surface area is 101 Å². The maximum Gasteiger partial charge on any atom is 0.224 e. The van der Waals surface area contributed by atoms with Gasteiger partial charge in [0.1, 0.15) is 6.29 Å². The van der Waals surface area contributed by atoms with Crippen molar-refractivity contribution < 1.29 is 9.59 Å². The molecule has 1 atom stereocenters. The van der Waals surface area contributed by atoms with E-state index in [1.165, 1.54) is 0 Å². The molecule has 0 aliphatic rings. The van der Waals surface area contributed by atoms with E-state index in [9.17, 15) is 9.59 Å². The molecule has 4 nitrogen and oxygen atoms in total. The van der Waals surface area contributed by atoms with Gasteiger partial charge in [-0.1, -0.05) is 13.8 Å². The first kappa shape index (κ1) is 13.4. The van der Waals surface area contributed by atoms with E-state index in [-0.39, 0.29) is 18.4 Å². The van der Waals surface area contributed by atoms with Crippen LogP contribution < -0.4 is 5.32 Å². The highest BCUT2D eigenvalue weighted by Gasteiger charge is 2.13. The van der Waals surface area contributed by atoms with E-state index in [0.717, 1.165) is 11.8 Å². The summed E-state index contributed by atoms with van der Waals surface area (Å²) in [5.74, 6) is 0.250. The van der Waals surface area contributed by atoms with Crippen LogP contribution in [0.2, 0.25) is 0 Å². The van der Waals surface area contributed by atoms with Crippen LogP contribution in [0.25, 0.3) is 0 Å². The lowest BCUT2D eigenvalue weighted by molar-refractivity contribution is -0.123. The second-order valence-corrected chi connectivity index (χ2v) is 4.47. The van der Waals surface area contributed by atoms with Crippen LogP contribution in [0.3, 0.4) is 0 Å². The molecule has 0 saturated carbocycles. The fourth-order valence-electron chi connectivity index (χ4n) is 1.60. The van der Waals surface area contributed by atoms with Gasteiger partial charge in [-0.25, -0.2) is 0 Å². The molecule has 1 amide bonds. The summed E-state index contributed by atoms with van der Waals surface area (Å²) in [6.07, 6.45) is 5.04. The topological polar surface area (TPSA) is 59.1 Å². The van der Waals surface area contributed by atoms with Crippen LogP contribution in [0.5, 0.6) is 0 Å². The zero-order valence-corrected chi connectivity index (χ0v) is 10.2. The summed E-state index contributed by atoms with van der Waals surface area (Å²) in [5.41, 5.74) is 0.895. The lowest BCUT2D eigenvalue weighted by Crippen LogP contribution is -2.37. The maximum absolute atomic E-state index is 11.7. The molecule has 1 rings (SSSR count). The van der Waals surface area contributed by atoms with Gasteiger partial charge in [0.25, 0.3) is 0 Å². The molecule has 17 heavy (non-hydrogen) atoms. The third-order valence-corrected chi connectivity index (χ3v) is 2.35. The van der Waals surface area contributed by atoms with Crippen LogP contribution in [-0.4, -0.2) is 23.2 Å². The van der Waals surface area contributed by atoms with Crippen molar-refractivity contribution in [3.8, 4) is 0 Å². The molecular formula is C13H18N2O2. The van der Waals surface area contributed by atoms with Gasteiger partial charge in [-0.15, -0.1) is 0 Å². The Morgan fingerprint density at radius 2 is 2.06 bits per heavy atom. The van der Waals surface area contributed by atoms with Crippen LogP contribution in [0.15, 0.2) is 24.5 Å². The number of aldehydes is 1. The lowest BCUT2D eigenvalue weighted by atomic mass is 10.0. The smallest absolute Gasteiger partial charge is 0.224 e. The Kier molecular flexibility index (Phi) is 5.33. The van der Waals surface area contributed by atoms with Crippen LogP contribution in [0.1, 0.15) is 25.8 Å². The number of hydrogen-bond acceptors (Lipinski definition) is 3. The minimum Gasteiger partial charge on any atom is -0.346 e. The molecule has 4 heteroatoms. The van der Waals surface area contributed by atoms with Crippen LogP contribution in [0.4, 0.5) is 0 Å². The average molecular weight is 234 g/mol. The van der Waals surface area contributed by atoms with Gasteiger partial charge in [0, 0.05) is 12.4 Å². The Balaban J connectivity index is 2.45. The predicted molar refractivity (Wildman–Crippen MR) is 65.4 cm³/mol. The molecule has 1 aromatic rings. The Morgan fingerprint density at radius 1 is 1.41 bits per heavy atom. The summed E-state index contributed by atoms with van der Waals surface area (Å²) in [6, 6.07) is 3.19. The van der Waals surface area contributed by atoms with Crippen molar-refractivity contribution in [1.29, 1.82) is 0 Å². The summed E-state index contributed by atoms with van der Waals surface area (Å²) in [6.45, 7) is 4.04. The largest absolute Gasteiger partial charge is 0.346 e. The monoisotopic (exact) mass is 234 g/mol. The van der Waals surface area contributed by atoms with Crippen molar-refractivity contribution >= 4 is 12.2 Å². The Morgan fingerprint density at radius 3 is 2.59 bits per heavy atom. The summed E-state index contributed by atoms with van der Waals surface area (Å²) < 4.78 is 0. The van der Waals surface area contributed by atoms with E-state index in [1.54, 1.807) is 24.5 Å². The molecule has 0 saturated heterocycles. The molecule has 0 radical (unpaired) electrons. The van der Waals surface area contributed by atoms with Crippen molar-refractivity contribution in [2.75, 3.05) is 0 Å². The molecule has 1 heterocycles. The van der Waals surface area contributed by atoms with Gasteiger partial charge in [0.05, 0.1) is 12.5 Å². The zero-order valence-electron chi connectivity index (χ0n) is 10.2. The molecule has 1 N–H and O–H groups in total. The van der Waals surface area contributed by atoms with E-state index >= 15 is 0 Å². The van der Waals surface area contributed by atoms with Gasteiger partial charge in [0.15, 0.2) is 0 Å². The number of carbonyl (C=O) groups is 2. The van der Waals surface area contributed by atoms with Crippen molar-refractivity contribution in [3.63, 3.8) is 0 Å². The number of aromatic nitrogens is 1. The number of amides is 1. The van der Waals surface area contributed by atoms with Crippen molar-refractivity contribution in [3.05, 3.63) is 30.1 Å². The quantitative estimate of drug-likeness (QED) is 0.756. The minimum absolute atomic E-state index is 0.131. The zero-order chi connectivity index (χ0) is 12.7. The normalized spacial score (nSPS) is 12.2. The average Bonchev–Trinajstić information content (AvgIpc) is 2.28. The molecular weight excluding hydrogens is 216 g/mol. The Hall–Kier alpha value is -1.71. The molecule has 1 aromatic heterocycles. The maximum atomic E-state index is 11.7. The highest BCUT2D eigenvalue weighted by molar-refractivity contribution is 5.81. The molecule has 0 aliphatic heterocycles. The van der Waals surface area contributed by atoms with E-state index in [2.05, 4.69) is 10.3 Å². The summed E-state index contributed by atoms with van der Waals surface area (Å²) in [7, 11) is 0. The summed E-state index contributed by atoms with van der Waals surface area (Å²) in [5, 5.41) is 2.72. The third kappa shape index (κ3) is 5.24. The second kappa shape index (κ2) is 6.78. The van der Waals surface area contributed by atoms with Gasteiger partial charge >= 0.3 is 0 Å². The van der Waals surface area contributed by atoms with Crippen molar-refractivity contribution in [2.45, 2.75) is 32.7 Å². The minimum atomic E-state index is -0.385. The molecule has 0 spiro atoms. The summed E-state index contributed by atoms with van der Waals surface area (Å²) in [4.78, 5) is 26.4. The molecule has 0 aromatic carbocycles. The number of nitrogens with one attached hydrogen (secondary N) is 1. The van der Waals surface area contributed by atoms with E-state index in [4.69, 9.17) is 0 Å². The fraction of sp³-hybridized carbons (Fsp3) is 0.462. The first-order valence-electron chi connectivity index (χ1n) is 5.75. The summed E-state index contributed by atoms with van der Waals surface area (Å²) >= 11 is 0. The lowest BCUT2D eigenvalue weighted by Gasteiger charge is -2.14. The number of nitrogens with zero attached hydrogens (tertiary/aromatic N) is 1. The molecule has 92 valence electrons. The number of pyridine rings is 1.